The van der Waals surface area contributed by atoms with Crippen molar-refractivity contribution in [3.63, 3.8) is 0 Å². The van der Waals surface area contributed by atoms with Gasteiger partial charge in [-0.15, -0.1) is 0 Å². The maximum absolute atomic E-state index is 12.6. The van der Waals surface area contributed by atoms with E-state index in [4.69, 9.17) is 5.11 Å². The first kappa shape index (κ1) is 15.6. The van der Waals surface area contributed by atoms with Gasteiger partial charge in [0.05, 0.1) is 0 Å². The lowest BCUT2D eigenvalue weighted by molar-refractivity contribution is -0.119. The van der Waals surface area contributed by atoms with Crippen molar-refractivity contribution in [2.45, 2.75) is 31.7 Å². The third kappa shape index (κ3) is 3.91. The molecule has 3 N–H and O–H groups in total. The molecule has 1 aromatic rings. The second-order valence-electron chi connectivity index (χ2n) is 6.18. The van der Waals surface area contributed by atoms with Gasteiger partial charge in [0, 0.05) is 9.26 Å². The van der Waals surface area contributed by atoms with Crippen LogP contribution in [0.15, 0.2) is 24.3 Å². The fourth-order valence-electron chi connectivity index (χ4n) is 3.11. The molecule has 2 aliphatic carbocycles. The van der Waals surface area contributed by atoms with Gasteiger partial charge in [-0.25, -0.2) is 4.79 Å². The molecular formula is C16H19IN2O3. The molecule has 2 aliphatic rings. The number of carbonyl (C=O) groups excluding carboxylic acids is 1. The first-order valence-corrected chi connectivity index (χ1v) is 8.68. The normalized spacial score (nSPS) is 18.8. The predicted octanol–water partition coefficient (Wildman–Crippen LogP) is 3.30. The third-order valence-electron chi connectivity index (χ3n) is 4.39. The Hall–Kier alpha value is -1.31. The van der Waals surface area contributed by atoms with E-state index in [1.807, 2.05) is 24.3 Å². The van der Waals surface area contributed by atoms with Gasteiger partial charge in [-0.1, -0.05) is 0 Å². The zero-order valence-electron chi connectivity index (χ0n) is 12.1. The van der Waals surface area contributed by atoms with E-state index in [2.05, 4.69) is 33.2 Å². The van der Waals surface area contributed by atoms with Crippen LogP contribution in [0.2, 0.25) is 0 Å². The molecule has 1 atom stereocenters. The van der Waals surface area contributed by atoms with Crippen molar-refractivity contribution in [3.8, 4) is 0 Å². The van der Waals surface area contributed by atoms with E-state index in [0.717, 1.165) is 29.3 Å². The monoisotopic (exact) mass is 414 g/mol. The van der Waals surface area contributed by atoms with Gasteiger partial charge in [-0.3, -0.25) is 4.79 Å². The van der Waals surface area contributed by atoms with Gasteiger partial charge in [0.15, 0.2) is 0 Å². The number of amides is 2. The summed E-state index contributed by atoms with van der Waals surface area (Å²) in [6.07, 6.45) is 3.30. The molecule has 2 amide bonds. The summed E-state index contributed by atoms with van der Waals surface area (Å²) in [5, 5.41) is 14.4. The van der Waals surface area contributed by atoms with Gasteiger partial charge in [0.2, 0.25) is 5.91 Å². The van der Waals surface area contributed by atoms with E-state index < -0.39 is 12.1 Å². The summed E-state index contributed by atoms with van der Waals surface area (Å²) in [5.41, 5.74) is 0.702. The van der Waals surface area contributed by atoms with Gasteiger partial charge in [0.1, 0.15) is 6.04 Å². The van der Waals surface area contributed by atoms with Crippen LogP contribution in [-0.2, 0) is 4.79 Å². The van der Waals surface area contributed by atoms with E-state index in [1.165, 1.54) is 0 Å². The van der Waals surface area contributed by atoms with Crippen LogP contribution < -0.4 is 10.6 Å². The average Bonchev–Trinajstić information content (AvgIpc) is 3.34. The van der Waals surface area contributed by atoms with Crippen LogP contribution in [0.4, 0.5) is 10.5 Å². The summed E-state index contributed by atoms with van der Waals surface area (Å²) in [6.45, 7) is 0. The quantitative estimate of drug-likeness (QED) is 0.626. The molecule has 5 nitrogen and oxygen atoms in total. The maximum Gasteiger partial charge on any atom is 0.405 e. The maximum atomic E-state index is 12.6. The van der Waals surface area contributed by atoms with Gasteiger partial charge in [-0.2, -0.15) is 0 Å². The first-order chi connectivity index (χ1) is 10.5. The molecule has 22 heavy (non-hydrogen) atoms. The SMILES string of the molecule is O=C(O)NC(C(=O)Nc1ccc(I)cc1)C(C1CC1)C1CC1. The van der Waals surface area contributed by atoms with Crippen molar-refractivity contribution in [1.29, 1.82) is 0 Å². The van der Waals surface area contributed by atoms with Crippen molar-refractivity contribution in [1.82, 2.24) is 5.32 Å². The molecule has 118 valence electrons. The third-order valence-corrected chi connectivity index (χ3v) is 5.11. The summed E-state index contributed by atoms with van der Waals surface area (Å²) >= 11 is 2.20. The van der Waals surface area contributed by atoms with E-state index in [9.17, 15) is 9.59 Å². The fourth-order valence-corrected chi connectivity index (χ4v) is 3.47. The Morgan fingerprint density at radius 1 is 1.09 bits per heavy atom. The fraction of sp³-hybridized carbons (Fsp3) is 0.500. The van der Waals surface area contributed by atoms with Gasteiger partial charge < -0.3 is 15.7 Å². The lowest BCUT2D eigenvalue weighted by Gasteiger charge is -2.26. The number of anilines is 1. The lowest BCUT2D eigenvalue weighted by Crippen LogP contribution is -2.49. The van der Waals surface area contributed by atoms with Crippen molar-refractivity contribution in [3.05, 3.63) is 27.8 Å². The first-order valence-electron chi connectivity index (χ1n) is 7.60. The molecule has 3 rings (SSSR count). The average molecular weight is 414 g/mol. The summed E-state index contributed by atoms with van der Waals surface area (Å²) in [5.74, 6) is 0.881. The van der Waals surface area contributed by atoms with Crippen LogP contribution in [0.3, 0.4) is 0 Å². The highest BCUT2D eigenvalue weighted by Gasteiger charge is 2.48. The molecule has 0 aromatic heterocycles. The molecule has 0 spiro atoms. The standard InChI is InChI=1S/C16H19IN2O3/c17-11-5-7-12(8-6-11)18-15(20)14(19-16(21)22)13(9-1-2-9)10-3-4-10/h5-10,13-14,19H,1-4H2,(H,18,20)(H,21,22). The molecule has 0 bridgehead atoms. The van der Waals surface area contributed by atoms with Gasteiger partial charge in [-0.05, 0) is 90.3 Å². The minimum atomic E-state index is -1.13. The largest absolute Gasteiger partial charge is 0.465 e. The second-order valence-corrected chi connectivity index (χ2v) is 7.42. The molecule has 1 aromatic carbocycles. The van der Waals surface area contributed by atoms with Crippen LogP contribution in [-0.4, -0.2) is 23.1 Å². The zero-order valence-corrected chi connectivity index (χ0v) is 14.2. The Labute approximate surface area is 143 Å². The number of halogens is 1. The van der Waals surface area contributed by atoms with Gasteiger partial charge in [0.25, 0.3) is 0 Å². The molecule has 0 radical (unpaired) electrons. The number of rotatable bonds is 6. The highest BCUT2D eigenvalue weighted by molar-refractivity contribution is 14.1. The smallest absolute Gasteiger partial charge is 0.405 e. The summed E-state index contributed by atoms with van der Waals surface area (Å²) < 4.78 is 1.09. The highest BCUT2D eigenvalue weighted by atomic mass is 127. The lowest BCUT2D eigenvalue weighted by atomic mass is 9.88. The number of hydrogen-bond acceptors (Lipinski definition) is 2. The Morgan fingerprint density at radius 2 is 1.64 bits per heavy atom. The molecule has 0 aliphatic heterocycles. The minimum absolute atomic E-state index is 0.139. The molecule has 2 saturated carbocycles. The topological polar surface area (TPSA) is 78.4 Å². The van der Waals surface area contributed by atoms with Gasteiger partial charge >= 0.3 is 6.09 Å². The van der Waals surface area contributed by atoms with Crippen molar-refractivity contribution >= 4 is 40.3 Å². The van der Waals surface area contributed by atoms with E-state index in [1.54, 1.807) is 0 Å². The van der Waals surface area contributed by atoms with E-state index in [-0.39, 0.29) is 11.8 Å². The summed E-state index contributed by atoms with van der Waals surface area (Å²) in [6, 6.07) is 6.84. The zero-order chi connectivity index (χ0) is 15.7. The van der Waals surface area contributed by atoms with E-state index in [0.29, 0.717) is 17.5 Å². The number of nitrogens with one attached hydrogen (secondary N) is 2. The number of carboxylic acid groups (broad SMARTS) is 1. The van der Waals surface area contributed by atoms with Crippen LogP contribution in [0, 0.1) is 21.3 Å². The van der Waals surface area contributed by atoms with Crippen LogP contribution >= 0.6 is 22.6 Å². The Balaban J connectivity index is 1.73. The minimum Gasteiger partial charge on any atom is -0.465 e. The van der Waals surface area contributed by atoms with Crippen molar-refractivity contribution < 1.29 is 14.7 Å². The molecular weight excluding hydrogens is 395 g/mol. The molecule has 0 heterocycles. The number of hydrogen-bond donors (Lipinski definition) is 3. The molecule has 0 saturated heterocycles. The van der Waals surface area contributed by atoms with Crippen molar-refractivity contribution in [2.75, 3.05) is 5.32 Å². The van der Waals surface area contributed by atoms with Crippen molar-refractivity contribution in [2.24, 2.45) is 17.8 Å². The Morgan fingerprint density at radius 3 is 2.09 bits per heavy atom. The number of carbonyl (C=O) groups is 2. The van der Waals surface area contributed by atoms with Crippen LogP contribution in [0.1, 0.15) is 25.7 Å². The highest BCUT2D eigenvalue weighted by Crippen LogP contribution is 2.50. The summed E-state index contributed by atoms with van der Waals surface area (Å²) in [7, 11) is 0. The molecule has 6 heteroatoms. The predicted molar refractivity (Wildman–Crippen MR) is 91.7 cm³/mol. The second kappa shape index (κ2) is 6.44. The summed E-state index contributed by atoms with van der Waals surface area (Å²) in [4.78, 5) is 23.7. The molecule has 2 fully saturated rings. The Bertz CT molecular complexity index is 555. The number of benzene rings is 1. The molecule has 1 unspecified atom stereocenters. The van der Waals surface area contributed by atoms with Crippen LogP contribution in [0.5, 0.6) is 0 Å². The van der Waals surface area contributed by atoms with E-state index >= 15 is 0 Å². The van der Waals surface area contributed by atoms with Crippen LogP contribution in [0.25, 0.3) is 0 Å². The Kier molecular flexibility index (Phi) is 4.56.